The lowest BCUT2D eigenvalue weighted by Crippen LogP contribution is -1.95. The monoisotopic (exact) mass is 262 g/mol. The Morgan fingerprint density at radius 1 is 1.39 bits per heavy atom. The molecule has 1 nitrogen and oxygen atoms in total. The molecule has 0 unspecified atom stereocenters. The number of aromatic hydroxyl groups is 1. The lowest BCUT2D eigenvalue weighted by molar-refractivity contribution is 0.462. The molecule has 0 saturated heterocycles. The minimum absolute atomic E-state index is 0.393. The summed E-state index contributed by atoms with van der Waals surface area (Å²) in [6.07, 6.45) is 0.908. The second-order valence-electron chi connectivity index (χ2n) is 5.06. The number of benzene rings is 1. The third-order valence-electron chi connectivity index (χ3n) is 2.63. The Balaban J connectivity index is 3.10. The van der Waals surface area contributed by atoms with Crippen LogP contribution >= 0.6 is 11.8 Å². The first kappa shape index (κ1) is 14.9. The molecule has 1 N–H and O–H groups in total. The quantitative estimate of drug-likeness (QED) is 0.785. The van der Waals surface area contributed by atoms with Crippen molar-refractivity contribution >= 4 is 16.7 Å². The Morgan fingerprint density at radius 3 is 2.50 bits per heavy atom. The van der Waals surface area contributed by atoms with E-state index in [1.165, 1.54) is 5.57 Å². The predicted octanol–water partition coefficient (Wildman–Crippen LogP) is 5.22. The van der Waals surface area contributed by atoms with Crippen LogP contribution in [0.4, 0.5) is 0 Å². The van der Waals surface area contributed by atoms with Crippen molar-refractivity contribution in [2.45, 2.75) is 34.1 Å². The first-order valence-electron chi connectivity index (χ1n) is 6.23. The van der Waals surface area contributed by atoms with Crippen LogP contribution in [0.2, 0.25) is 0 Å². The number of thioether (sulfide) groups is 1. The second kappa shape index (κ2) is 6.69. The van der Waals surface area contributed by atoms with E-state index in [4.69, 9.17) is 0 Å². The van der Waals surface area contributed by atoms with Crippen LogP contribution in [0.1, 0.15) is 38.8 Å². The molecule has 18 heavy (non-hydrogen) atoms. The third-order valence-corrected chi connectivity index (χ3v) is 3.68. The highest BCUT2D eigenvalue weighted by Crippen LogP contribution is 2.34. The van der Waals surface area contributed by atoms with E-state index in [1.54, 1.807) is 11.8 Å². The van der Waals surface area contributed by atoms with Crippen molar-refractivity contribution < 1.29 is 5.11 Å². The van der Waals surface area contributed by atoms with Crippen molar-refractivity contribution in [3.05, 3.63) is 46.9 Å². The van der Waals surface area contributed by atoms with Crippen LogP contribution in [0.3, 0.4) is 0 Å². The van der Waals surface area contributed by atoms with E-state index in [0.717, 1.165) is 22.5 Å². The standard InChI is InChI=1S/C16H22OS/c1-6-18-16(12(4)5)14-8-7-13(9-11(2)3)15(17)10-14/h6-8,10-11,17H,1,9H2,2-5H3. The molecule has 0 aliphatic carbocycles. The van der Waals surface area contributed by atoms with Gasteiger partial charge in [0.05, 0.1) is 0 Å². The maximum Gasteiger partial charge on any atom is 0.119 e. The maximum atomic E-state index is 10.1. The third kappa shape index (κ3) is 3.95. The largest absolute Gasteiger partial charge is 0.508 e. The van der Waals surface area contributed by atoms with E-state index >= 15 is 0 Å². The minimum Gasteiger partial charge on any atom is -0.508 e. The molecule has 1 aromatic rings. The highest BCUT2D eigenvalue weighted by atomic mass is 32.2. The average Bonchev–Trinajstić information content (AvgIpc) is 2.28. The van der Waals surface area contributed by atoms with Crippen LogP contribution in [0.5, 0.6) is 5.75 Å². The zero-order valence-corrected chi connectivity index (χ0v) is 12.5. The van der Waals surface area contributed by atoms with Crippen LogP contribution in [0.25, 0.3) is 4.91 Å². The normalized spacial score (nSPS) is 10.5. The van der Waals surface area contributed by atoms with Gasteiger partial charge in [0.15, 0.2) is 0 Å². The predicted molar refractivity (Wildman–Crippen MR) is 82.7 cm³/mol. The summed E-state index contributed by atoms with van der Waals surface area (Å²) in [6, 6.07) is 5.96. The molecule has 0 aliphatic rings. The van der Waals surface area contributed by atoms with E-state index in [0.29, 0.717) is 11.7 Å². The molecule has 1 aromatic carbocycles. The number of hydrogen-bond donors (Lipinski definition) is 1. The number of allylic oxidation sites excluding steroid dienone is 1. The topological polar surface area (TPSA) is 20.2 Å². The molecule has 98 valence electrons. The Bertz CT molecular complexity index is 454. The number of hydrogen-bond acceptors (Lipinski definition) is 2. The fourth-order valence-corrected chi connectivity index (χ4v) is 2.54. The van der Waals surface area contributed by atoms with Gasteiger partial charge in [-0.05, 0) is 48.8 Å². The van der Waals surface area contributed by atoms with E-state index in [2.05, 4.69) is 40.3 Å². The zero-order valence-electron chi connectivity index (χ0n) is 11.7. The number of rotatable bonds is 5. The molecular weight excluding hydrogens is 240 g/mol. The van der Waals surface area contributed by atoms with Gasteiger partial charge in [0.25, 0.3) is 0 Å². The molecule has 0 aromatic heterocycles. The highest BCUT2D eigenvalue weighted by molar-refractivity contribution is 8.10. The lowest BCUT2D eigenvalue weighted by atomic mass is 10.00. The van der Waals surface area contributed by atoms with Crippen molar-refractivity contribution in [3.63, 3.8) is 0 Å². The fraction of sp³-hybridized carbons (Fsp3) is 0.375. The Hall–Kier alpha value is -1.15. The fourth-order valence-electron chi connectivity index (χ4n) is 1.88. The van der Waals surface area contributed by atoms with Crippen molar-refractivity contribution in [3.8, 4) is 5.75 Å². The van der Waals surface area contributed by atoms with Crippen LogP contribution in [0.15, 0.2) is 35.8 Å². The SMILES string of the molecule is C=CSC(=C(C)C)c1ccc(CC(C)C)c(O)c1. The van der Waals surface area contributed by atoms with Gasteiger partial charge in [-0.15, -0.1) is 0 Å². The molecule has 0 aliphatic heterocycles. The summed E-state index contributed by atoms with van der Waals surface area (Å²) in [6.45, 7) is 12.2. The van der Waals surface area contributed by atoms with Gasteiger partial charge in [-0.2, -0.15) is 0 Å². The summed E-state index contributed by atoms with van der Waals surface area (Å²) in [7, 11) is 0. The zero-order chi connectivity index (χ0) is 13.7. The van der Waals surface area contributed by atoms with Gasteiger partial charge < -0.3 is 5.11 Å². The highest BCUT2D eigenvalue weighted by Gasteiger charge is 2.08. The molecule has 1 rings (SSSR count). The molecule has 2 heteroatoms. The van der Waals surface area contributed by atoms with Crippen molar-refractivity contribution in [2.75, 3.05) is 0 Å². The van der Waals surface area contributed by atoms with Crippen molar-refractivity contribution in [1.82, 2.24) is 0 Å². The van der Waals surface area contributed by atoms with Crippen LogP contribution in [-0.4, -0.2) is 5.11 Å². The van der Waals surface area contributed by atoms with Crippen molar-refractivity contribution in [1.29, 1.82) is 0 Å². The number of phenolic OH excluding ortho intramolecular Hbond substituents is 1. The van der Waals surface area contributed by atoms with Crippen LogP contribution in [0, 0.1) is 5.92 Å². The van der Waals surface area contributed by atoms with Gasteiger partial charge >= 0.3 is 0 Å². The van der Waals surface area contributed by atoms with Gasteiger partial charge in [0.2, 0.25) is 0 Å². The van der Waals surface area contributed by atoms with E-state index < -0.39 is 0 Å². The smallest absolute Gasteiger partial charge is 0.119 e. The van der Waals surface area contributed by atoms with E-state index in [-0.39, 0.29) is 0 Å². The summed E-state index contributed by atoms with van der Waals surface area (Å²) in [5.74, 6) is 0.942. The summed E-state index contributed by atoms with van der Waals surface area (Å²) < 4.78 is 0. The summed E-state index contributed by atoms with van der Waals surface area (Å²) in [4.78, 5) is 1.16. The van der Waals surface area contributed by atoms with Crippen molar-refractivity contribution in [2.24, 2.45) is 5.92 Å². The molecule has 0 radical (unpaired) electrons. The lowest BCUT2D eigenvalue weighted by Gasteiger charge is -2.12. The molecule has 0 spiro atoms. The van der Waals surface area contributed by atoms with Crippen LogP contribution in [-0.2, 0) is 6.42 Å². The van der Waals surface area contributed by atoms with Gasteiger partial charge in [0, 0.05) is 4.91 Å². The first-order valence-corrected chi connectivity index (χ1v) is 7.11. The Kier molecular flexibility index (Phi) is 5.54. The Labute approximate surface area is 115 Å². The average molecular weight is 262 g/mol. The second-order valence-corrected chi connectivity index (χ2v) is 6.03. The van der Waals surface area contributed by atoms with Gasteiger partial charge in [-0.1, -0.05) is 49.9 Å². The first-order chi connectivity index (χ1) is 8.45. The van der Waals surface area contributed by atoms with E-state index in [1.807, 2.05) is 17.5 Å². The van der Waals surface area contributed by atoms with Gasteiger partial charge in [-0.25, -0.2) is 0 Å². The molecule has 0 saturated carbocycles. The molecule has 0 amide bonds. The van der Waals surface area contributed by atoms with Gasteiger partial charge in [-0.3, -0.25) is 0 Å². The summed E-state index contributed by atoms with van der Waals surface area (Å²) in [5, 5.41) is 11.9. The maximum absolute atomic E-state index is 10.1. The van der Waals surface area contributed by atoms with E-state index in [9.17, 15) is 5.11 Å². The number of phenols is 1. The Morgan fingerprint density at radius 2 is 2.06 bits per heavy atom. The minimum atomic E-state index is 0.393. The summed E-state index contributed by atoms with van der Waals surface area (Å²) in [5.41, 5.74) is 3.31. The molecule has 0 heterocycles. The molecule has 0 fully saturated rings. The molecule has 0 atom stereocenters. The van der Waals surface area contributed by atoms with Crippen LogP contribution < -0.4 is 0 Å². The molecule has 0 bridgehead atoms. The summed E-state index contributed by atoms with van der Waals surface area (Å²) >= 11 is 1.60. The van der Waals surface area contributed by atoms with Gasteiger partial charge in [0.1, 0.15) is 5.75 Å². The molecular formula is C16H22OS.